The number of amides is 1. The van der Waals surface area contributed by atoms with E-state index in [1.165, 1.54) is 7.11 Å². The number of anilines is 1. The zero-order valence-corrected chi connectivity index (χ0v) is 14.3. The van der Waals surface area contributed by atoms with E-state index in [0.29, 0.717) is 36.0 Å². The first-order chi connectivity index (χ1) is 11.4. The number of nitrogens with zero attached hydrogens (tertiary/aromatic N) is 1. The van der Waals surface area contributed by atoms with Crippen LogP contribution in [0.5, 0.6) is 5.75 Å². The first-order valence-electron chi connectivity index (χ1n) is 8.04. The molecule has 1 saturated carbocycles. The van der Waals surface area contributed by atoms with Crippen LogP contribution < -0.4 is 10.1 Å². The summed E-state index contributed by atoms with van der Waals surface area (Å²) >= 11 is 5.96. The Balaban J connectivity index is 1.65. The van der Waals surface area contributed by atoms with Crippen LogP contribution in [0.3, 0.4) is 0 Å². The smallest absolute Gasteiger partial charge is 0.311 e. The molecule has 2 atom stereocenters. The molecule has 1 aromatic carbocycles. The molecule has 24 heavy (non-hydrogen) atoms. The van der Waals surface area contributed by atoms with Crippen LogP contribution in [0.2, 0.25) is 5.02 Å². The molecule has 0 spiro atoms. The summed E-state index contributed by atoms with van der Waals surface area (Å²) in [6.45, 7) is 1.26. The highest BCUT2D eigenvalue weighted by molar-refractivity contribution is 6.31. The van der Waals surface area contributed by atoms with E-state index in [1.807, 2.05) is 4.90 Å². The topological polar surface area (TPSA) is 78.9 Å². The molecule has 0 bridgehead atoms. The molecule has 2 N–H and O–H groups in total. The Morgan fingerprint density at radius 2 is 2.29 bits per heavy atom. The minimum Gasteiger partial charge on any atom is -0.495 e. The number of carboxylic acid groups (broad SMARTS) is 1. The molecule has 0 radical (unpaired) electrons. The fraction of sp³-hybridized carbons (Fsp3) is 0.529. The van der Waals surface area contributed by atoms with Gasteiger partial charge in [0, 0.05) is 18.1 Å². The number of aliphatic carboxylic acids is 1. The lowest BCUT2D eigenvalue weighted by molar-refractivity contribution is -0.149. The van der Waals surface area contributed by atoms with Crippen LogP contribution in [0.25, 0.3) is 0 Å². The predicted molar refractivity (Wildman–Crippen MR) is 90.5 cm³/mol. The van der Waals surface area contributed by atoms with E-state index in [4.69, 9.17) is 16.3 Å². The number of benzene rings is 1. The van der Waals surface area contributed by atoms with E-state index >= 15 is 0 Å². The van der Waals surface area contributed by atoms with Crippen molar-refractivity contribution in [3.8, 4) is 5.75 Å². The van der Waals surface area contributed by atoms with Gasteiger partial charge in [0.2, 0.25) is 5.91 Å². The third kappa shape index (κ3) is 3.08. The van der Waals surface area contributed by atoms with Crippen LogP contribution in [0, 0.1) is 11.3 Å². The Hall–Kier alpha value is -1.79. The maximum absolute atomic E-state index is 12.3. The van der Waals surface area contributed by atoms with E-state index in [2.05, 4.69) is 5.32 Å². The highest BCUT2D eigenvalue weighted by Crippen LogP contribution is 2.48. The van der Waals surface area contributed by atoms with Crippen LogP contribution in [0.4, 0.5) is 5.69 Å². The average molecular weight is 353 g/mol. The summed E-state index contributed by atoms with van der Waals surface area (Å²) in [6, 6.07) is 5.02. The number of rotatable bonds is 5. The van der Waals surface area contributed by atoms with Crippen molar-refractivity contribution in [3.63, 3.8) is 0 Å². The zero-order chi connectivity index (χ0) is 17.3. The van der Waals surface area contributed by atoms with Crippen molar-refractivity contribution in [1.29, 1.82) is 0 Å². The molecule has 7 heteroatoms. The number of halogens is 1. The number of carboxylic acids is 1. The predicted octanol–water partition coefficient (Wildman–Crippen LogP) is 2.47. The van der Waals surface area contributed by atoms with E-state index in [-0.39, 0.29) is 18.4 Å². The standard InChI is InChI=1S/C17H21ClN2O4/c1-24-14-5-4-12(18)7-13(14)19-15(21)9-20-8-11-3-2-6-17(11,10-20)16(22)23/h4-5,7,11H,2-3,6,8-10H2,1H3,(H,19,21)(H,22,23)/t11-,17+/m0/s1. The highest BCUT2D eigenvalue weighted by atomic mass is 35.5. The third-order valence-corrected chi connectivity index (χ3v) is 5.41. The van der Waals surface area contributed by atoms with E-state index < -0.39 is 11.4 Å². The Morgan fingerprint density at radius 1 is 1.50 bits per heavy atom. The first kappa shape index (κ1) is 17.0. The fourth-order valence-corrected chi connectivity index (χ4v) is 4.21. The van der Waals surface area contributed by atoms with Crippen LogP contribution in [-0.4, -0.2) is 48.6 Å². The van der Waals surface area contributed by atoms with E-state index in [0.717, 1.165) is 12.8 Å². The van der Waals surface area contributed by atoms with Crippen molar-refractivity contribution in [3.05, 3.63) is 23.2 Å². The van der Waals surface area contributed by atoms with Gasteiger partial charge in [-0.05, 0) is 37.0 Å². The molecule has 1 heterocycles. The number of likely N-dealkylation sites (tertiary alicyclic amines) is 1. The van der Waals surface area contributed by atoms with Crippen molar-refractivity contribution < 1.29 is 19.4 Å². The maximum atomic E-state index is 12.3. The number of carbonyl (C=O) groups excluding carboxylic acids is 1. The summed E-state index contributed by atoms with van der Waals surface area (Å²) in [5.74, 6) is -0.253. The van der Waals surface area contributed by atoms with Crippen molar-refractivity contribution in [2.45, 2.75) is 19.3 Å². The van der Waals surface area contributed by atoms with Gasteiger partial charge in [-0.1, -0.05) is 18.0 Å². The second-order valence-corrected chi connectivity index (χ2v) is 7.05. The molecule has 130 valence electrons. The van der Waals surface area contributed by atoms with E-state index in [1.54, 1.807) is 18.2 Å². The van der Waals surface area contributed by atoms with Crippen LogP contribution in [0.1, 0.15) is 19.3 Å². The maximum Gasteiger partial charge on any atom is 0.311 e. The van der Waals surface area contributed by atoms with Gasteiger partial charge in [-0.25, -0.2) is 0 Å². The molecule has 2 aliphatic rings. The van der Waals surface area contributed by atoms with Gasteiger partial charge < -0.3 is 15.2 Å². The molecule has 1 aliphatic heterocycles. The molecular formula is C17H21ClN2O4. The Kier molecular flexibility index (Phi) is 4.69. The quantitative estimate of drug-likeness (QED) is 0.851. The lowest BCUT2D eigenvalue weighted by Crippen LogP contribution is -2.37. The summed E-state index contributed by atoms with van der Waals surface area (Å²) in [5, 5.41) is 12.9. The van der Waals surface area contributed by atoms with Crippen molar-refractivity contribution in [2.75, 3.05) is 32.1 Å². The van der Waals surface area contributed by atoms with Crippen molar-refractivity contribution in [2.24, 2.45) is 11.3 Å². The van der Waals surface area contributed by atoms with Crippen LogP contribution in [-0.2, 0) is 9.59 Å². The van der Waals surface area contributed by atoms with Gasteiger partial charge in [0.1, 0.15) is 5.75 Å². The second kappa shape index (κ2) is 6.61. The molecule has 1 aliphatic carbocycles. The number of nitrogens with one attached hydrogen (secondary N) is 1. The number of carbonyl (C=O) groups is 2. The molecule has 1 saturated heterocycles. The zero-order valence-electron chi connectivity index (χ0n) is 13.5. The lowest BCUT2D eigenvalue weighted by atomic mass is 9.81. The molecule has 0 unspecified atom stereocenters. The minimum atomic E-state index is -0.732. The number of ether oxygens (including phenoxy) is 1. The molecule has 1 aromatic rings. The molecular weight excluding hydrogens is 332 g/mol. The van der Waals surface area contributed by atoms with Crippen molar-refractivity contribution in [1.82, 2.24) is 4.90 Å². The Morgan fingerprint density at radius 3 is 2.96 bits per heavy atom. The molecule has 6 nitrogen and oxygen atoms in total. The number of hydrogen-bond acceptors (Lipinski definition) is 4. The normalized spacial score (nSPS) is 26.2. The fourth-order valence-electron chi connectivity index (χ4n) is 4.03. The van der Waals surface area contributed by atoms with Gasteiger partial charge in [0.05, 0.1) is 24.8 Å². The number of fused-ring (bicyclic) bond motifs is 1. The van der Waals surface area contributed by atoms with Crippen LogP contribution in [0.15, 0.2) is 18.2 Å². The summed E-state index contributed by atoms with van der Waals surface area (Å²) in [7, 11) is 1.52. The van der Waals surface area contributed by atoms with Crippen molar-refractivity contribution >= 4 is 29.2 Å². The van der Waals surface area contributed by atoms with E-state index in [9.17, 15) is 14.7 Å². The average Bonchev–Trinajstić information content (AvgIpc) is 3.05. The number of hydrogen-bond donors (Lipinski definition) is 2. The van der Waals surface area contributed by atoms with Crippen LogP contribution >= 0.6 is 11.6 Å². The van der Waals surface area contributed by atoms with Gasteiger partial charge in [-0.3, -0.25) is 14.5 Å². The van der Waals surface area contributed by atoms with Gasteiger partial charge in [0.15, 0.2) is 0 Å². The summed E-state index contributed by atoms with van der Waals surface area (Å²) < 4.78 is 5.21. The second-order valence-electron chi connectivity index (χ2n) is 6.61. The number of methoxy groups -OCH3 is 1. The highest BCUT2D eigenvalue weighted by Gasteiger charge is 2.54. The molecule has 1 amide bonds. The van der Waals surface area contributed by atoms with Gasteiger partial charge >= 0.3 is 5.97 Å². The summed E-state index contributed by atoms with van der Waals surface area (Å²) in [4.78, 5) is 26.0. The third-order valence-electron chi connectivity index (χ3n) is 5.17. The Labute approximate surface area is 145 Å². The summed E-state index contributed by atoms with van der Waals surface area (Å²) in [5.41, 5.74) is -0.157. The van der Waals surface area contributed by atoms with Gasteiger partial charge in [-0.2, -0.15) is 0 Å². The minimum absolute atomic E-state index is 0.142. The summed E-state index contributed by atoms with van der Waals surface area (Å²) in [6.07, 6.45) is 2.58. The monoisotopic (exact) mass is 352 g/mol. The Bertz CT molecular complexity index is 666. The first-order valence-corrected chi connectivity index (χ1v) is 8.41. The van der Waals surface area contributed by atoms with Gasteiger partial charge in [0.25, 0.3) is 0 Å². The molecule has 0 aromatic heterocycles. The molecule has 3 rings (SSSR count). The molecule has 2 fully saturated rings. The largest absolute Gasteiger partial charge is 0.495 e. The SMILES string of the molecule is COc1ccc(Cl)cc1NC(=O)CN1C[C@@H]2CCC[C@@]2(C(=O)O)C1. The lowest BCUT2D eigenvalue weighted by Gasteiger charge is -2.23. The van der Waals surface area contributed by atoms with Gasteiger partial charge in [-0.15, -0.1) is 0 Å².